The van der Waals surface area contributed by atoms with Crippen molar-refractivity contribution in [1.82, 2.24) is 5.32 Å². The second kappa shape index (κ2) is 4.61. The first-order chi connectivity index (χ1) is 7.72. The van der Waals surface area contributed by atoms with Gasteiger partial charge in [0.25, 0.3) is 0 Å². The Hall–Kier alpha value is -1.42. The van der Waals surface area contributed by atoms with E-state index < -0.39 is 0 Å². The summed E-state index contributed by atoms with van der Waals surface area (Å²) in [5, 5.41) is 3.20. The Morgan fingerprint density at radius 1 is 1.56 bits per heavy atom. The maximum Gasteiger partial charge on any atom is 0.310 e. The Kier molecular flexibility index (Phi) is 3.19. The third-order valence-electron chi connectivity index (χ3n) is 2.93. The van der Waals surface area contributed by atoms with E-state index in [1.54, 1.807) is 6.07 Å². The first kappa shape index (κ1) is 11.1. The van der Waals surface area contributed by atoms with Crippen LogP contribution in [0, 0.1) is 11.7 Å². The van der Waals surface area contributed by atoms with Crippen LogP contribution in [0.5, 0.6) is 0 Å². The van der Waals surface area contributed by atoms with Gasteiger partial charge in [-0.05, 0) is 30.7 Å². The van der Waals surface area contributed by atoms with E-state index in [0.717, 1.165) is 18.5 Å². The topological polar surface area (TPSA) is 38.3 Å². The lowest BCUT2D eigenvalue weighted by Crippen LogP contribution is -2.24. The summed E-state index contributed by atoms with van der Waals surface area (Å²) in [6.45, 7) is 0.751. The molecule has 0 radical (unpaired) electrons. The first-order valence-electron chi connectivity index (χ1n) is 5.29. The van der Waals surface area contributed by atoms with Gasteiger partial charge in [-0.25, -0.2) is 4.39 Å². The molecule has 0 amide bonds. The molecule has 1 heterocycles. The van der Waals surface area contributed by atoms with E-state index in [9.17, 15) is 9.18 Å². The summed E-state index contributed by atoms with van der Waals surface area (Å²) in [5.41, 5.74) is 0.799. The molecule has 1 aliphatic heterocycles. The number of carbonyl (C=O) groups excluding carboxylic acids is 1. The number of ether oxygens (including phenoxy) is 1. The number of rotatable bonds is 2. The van der Waals surface area contributed by atoms with Gasteiger partial charge in [0.2, 0.25) is 0 Å². The standard InChI is InChI=1S/C12H14FNO2/c1-16-12(15)10-5-6-14-11(10)8-3-2-4-9(13)7-8/h2-4,7,10-11,14H,5-6H2,1H3/t10-,11+/m0/s1. The van der Waals surface area contributed by atoms with Crippen molar-refractivity contribution >= 4 is 5.97 Å². The van der Waals surface area contributed by atoms with Gasteiger partial charge in [-0.1, -0.05) is 12.1 Å². The lowest BCUT2D eigenvalue weighted by atomic mass is 9.94. The van der Waals surface area contributed by atoms with Gasteiger partial charge < -0.3 is 10.1 Å². The van der Waals surface area contributed by atoms with Crippen LogP contribution in [-0.2, 0) is 9.53 Å². The Balaban J connectivity index is 2.23. The molecule has 0 spiro atoms. The molecule has 0 aromatic heterocycles. The van der Waals surface area contributed by atoms with Crippen LogP contribution in [0.1, 0.15) is 18.0 Å². The minimum absolute atomic E-state index is 0.136. The summed E-state index contributed by atoms with van der Waals surface area (Å²) in [6.07, 6.45) is 0.730. The normalized spacial score (nSPS) is 24.4. The van der Waals surface area contributed by atoms with Crippen LogP contribution >= 0.6 is 0 Å². The fourth-order valence-corrected chi connectivity index (χ4v) is 2.16. The number of benzene rings is 1. The summed E-state index contributed by atoms with van der Waals surface area (Å²) in [6, 6.07) is 6.19. The van der Waals surface area contributed by atoms with Crippen molar-refractivity contribution in [1.29, 1.82) is 0 Å². The maximum atomic E-state index is 13.1. The van der Waals surface area contributed by atoms with E-state index in [2.05, 4.69) is 5.32 Å². The zero-order valence-electron chi connectivity index (χ0n) is 9.07. The molecule has 1 aromatic carbocycles. The number of nitrogens with one attached hydrogen (secondary N) is 1. The van der Waals surface area contributed by atoms with Crippen LogP contribution in [0.15, 0.2) is 24.3 Å². The average Bonchev–Trinajstić information content (AvgIpc) is 2.77. The summed E-state index contributed by atoms with van der Waals surface area (Å²) < 4.78 is 17.8. The highest BCUT2D eigenvalue weighted by molar-refractivity contribution is 5.74. The minimum atomic E-state index is -0.283. The van der Waals surface area contributed by atoms with Crippen molar-refractivity contribution < 1.29 is 13.9 Å². The summed E-state index contributed by atoms with van der Waals surface area (Å²) in [7, 11) is 1.38. The molecule has 1 saturated heterocycles. The van der Waals surface area contributed by atoms with Crippen LogP contribution in [-0.4, -0.2) is 19.6 Å². The van der Waals surface area contributed by atoms with Crippen molar-refractivity contribution in [3.8, 4) is 0 Å². The van der Waals surface area contributed by atoms with Crippen molar-refractivity contribution in [2.24, 2.45) is 5.92 Å². The van der Waals surface area contributed by atoms with Gasteiger partial charge in [0.05, 0.1) is 13.0 Å². The Morgan fingerprint density at radius 3 is 3.06 bits per heavy atom. The van der Waals surface area contributed by atoms with Gasteiger partial charge in [0.1, 0.15) is 5.82 Å². The number of esters is 1. The molecule has 86 valence electrons. The van der Waals surface area contributed by atoms with Crippen LogP contribution in [0.4, 0.5) is 4.39 Å². The Labute approximate surface area is 93.6 Å². The van der Waals surface area contributed by atoms with E-state index in [-0.39, 0.29) is 23.7 Å². The van der Waals surface area contributed by atoms with E-state index in [4.69, 9.17) is 4.74 Å². The molecule has 4 heteroatoms. The fraction of sp³-hybridized carbons (Fsp3) is 0.417. The monoisotopic (exact) mass is 223 g/mol. The molecule has 0 saturated carbocycles. The molecular weight excluding hydrogens is 209 g/mol. The molecule has 2 atom stereocenters. The second-order valence-electron chi connectivity index (χ2n) is 3.91. The molecule has 2 rings (SSSR count). The van der Waals surface area contributed by atoms with E-state index in [1.165, 1.54) is 19.2 Å². The van der Waals surface area contributed by atoms with E-state index >= 15 is 0 Å². The van der Waals surface area contributed by atoms with Crippen LogP contribution in [0.3, 0.4) is 0 Å². The number of methoxy groups -OCH3 is 1. The molecule has 16 heavy (non-hydrogen) atoms. The zero-order chi connectivity index (χ0) is 11.5. The average molecular weight is 223 g/mol. The molecule has 1 fully saturated rings. The van der Waals surface area contributed by atoms with Gasteiger partial charge in [0.15, 0.2) is 0 Å². The summed E-state index contributed by atoms with van der Waals surface area (Å²) in [5.74, 6) is -0.735. The van der Waals surface area contributed by atoms with E-state index in [1.807, 2.05) is 6.07 Å². The third kappa shape index (κ3) is 2.07. The largest absolute Gasteiger partial charge is 0.469 e. The highest BCUT2D eigenvalue weighted by Crippen LogP contribution is 2.30. The van der Waals surface area contributed by atoms with Gasteiger partial charge >= 0.3 is 5.97 Å². The maximum absolute atomic E-state index is 13.1. The highest BCUT2D eigenvalue weighted by atomic mass is 19.1. The number of hydrogen-bond acceptors (Lipinski definition) is 3. The smallest absolute Gasteiger partial charge is 0.310 e. The van der Waals surface area contributed by atoms with Crippen LogP contribution in [0.2, 0.25) is 0 Å². The van der Waals surface area contributed by atoms with Crippen molar-refractivity contribution in [3.63, 3.8) is 0 Å². The molecule has 3 nitrogen and oxygen atoms in total. The quantitative estimate of drug-likeness (QED) is 0.775. The predicted octanol–water partition coefficient (Wildman–Crippen LogP) is 1.65. The van der Waals surface area contributed by atoms with Gasteiger partial charge in [-0.15, -0.1) is 0 Å². The highest BCUT2D eigenvalue weighted by Gasteiger charge is 2.34. The molecule has 1 aliphatic rings. The minimum Gasteiger partial charge on any atom is -0.469 e. The van der Waals surface area contributed by atoms with Crippen molar-refractivity contribution in [2.75, 3.05) is 13.7 Å². The fourth-order valence-electron chi connectivity index (χ4n) is 2.16. The zero-order valence-corrected chi connectivity index (χ0v) is 9.07. The first-order valence-corrected chi connectivity index (χ1v) is 5.29. The molecule has 1 aromatic rings. The second-order valence-corrected chi connectivity index (χ2v) is 3.91. The molecular formula is C12H14FNO2. The third-order valence-corrected chi connectivity index (χ3v) is 2.93. The Bertz CT molecular complexity index is 394. The van der Waals surface area contributed by atoms with Gasteiger partial charge in [-0.3, -0.25) is 4.79 Å². The SMILES string of the molecule is COC(=O)[C@H]1CCN[C@@H]1c1cccc(F)c1. The Morgan fingerprint density at radius 2 is 2.38 bits per heavy atom. The molecule has 0 aliphatic carbocycles. The number of carbonyl (C=O) groups is 1. The molecule has 1 N–H and O–H groups in total. The number of hydrogen-bond donors (Lipinski definition) is 1. The molecule has 0 unspecified atom stereocenters. The number of halogens is 1. The van der Waals surface area contributed by atoms with Crippen molar-refractivity contribution in [3.05, 3.63) is 35.6 Å². The van der Waals surface area contributed by atoms with Crippen molar-refractivity contribution in [2.45, 2.75) is 12.5 Å². The predicted molar refractivity (Wildman–Crippen MR) is 57.3 cm³/mol. The van der Waals surface area contributed by atoms with Gasteiger partial charge in [0, 0.05) is 6.04 Å². The summed E-state index contributed by atoms with van der Waals surface area (Å²) >= 11 is 0. The van der Waals surface area contributed by atoms with Gasteiger partial charge in [-0.2, -0.15) is 0 Å². The van der Waals surface area contributed by atoms with Crippen LogP contribution < -0.4 is 5.32 Å². The lowest BCUT2D eigenvalue weighted by molar-refractivity contribution is -0.145. The summed E-state index contributed by atoms with van der Waals surface area (Å²) in [4.78, 5) is 11.5. The lowest BCUT2D eigenvalue weighted by Gasteiger charge is -2.17. The van der Waals surface area contributed by atoms with E-state index in [0.29, 0.717) is 0 Å². The molecule has 0 bridgehead atoms. The van der Waals surface area contributed by atoms with Crippen LogP contribution in [0.25, 0.3) is 0 Å².